The maximum atomic E-state index is 11.8. The van der Waals surface area contributed by atoms with Crippen molar-refractivity contribution in [3.63, 3.8) is 0 Å². The number of thioether (sulfide) groups is 1. The van der Waals surface area contributed by atoms with Crippen LogP contribution in [0.15, 0.2) is 60.0 Å². The second-order valence-corrected chi connectivity index (χ2v) is 9.84. The summed E-state index contributed by atoms with van der Waals surface area (Å²) < 4.78 is 12.9. The predicted octanol–water partition coefficient (Wildman–Crippen LogP) is 3.36. The van der Waals surface area contributed by atoms with Crippen LogP contribution in [-0.2, 0) is 32.2 Å². The molecule has 11 heteroatoms. The average molecular weight is 527 g/mol. The summed E-state index contributed by atoms with van der Waals surface area (Å²) >= 11 is 1.54. The highest BCUT2D eigenvalue weighted by molar-refractivity contribution is 7.99. The molecule has 0 saturated carbocycles. The number of aliphatic hydroxyl groups is 1. The van der Waals surface area contributed by atoms with Gasteiger partial charge in [0.15, 0.2) is 11.4 Å². The molecule has 3 aromatic rings. The van der Waals surface area contributed by atoms with Gasteiger partial charge in [-0.05, 0) is 16.7 Å². The Kier molecular flexibility index (Phi) is 9.29. The van der Waals surface area contributed by atoms with E-state index in [1.54, 1.807) is 0 Å². The number of carbonyl (C=O) groups is 2. The zero-order chi connectivity index (χ0) is 26.2. The molecule has 4 N–H and O–H groups in total. The fraction of sp³-hybridized carbons (Fsp3) is 0.385. The van der Waals surface area contributed by atoms with Crippen molar-refractivity contribution in [3.05, 3.63) is 77.1 Å². The van der Waals surface area contributed by atoms with Gasteiger partial charge in [-0.1, -0.05) is 67.2 Å². The molecule has 4 unspecified atom stereocenters. The van der Waals surface area contributed by atoms with E-state index >= 15 is 0 Å². The molecule has 196 valence electrons. The largest absolute Gasteiger partial charge is 0.481 e. The van der Waals surface area contributed by atoms with Gasteiger partial charge < -0.3 is 25.0 Å². The topological polar surface area (TPSA) is 147 Å². The fourth-order valence-electron chi connectivity index (χ4n) is 4.04. The Balaban J connectivity index is 1.46. The normalized spacial score (nSPS) is 21.5. The first-order chi connectivity index (χ1) is 17.9. The van der Waals surface area contributed by atoms with E-state index in [0.29, 0.717) is 12.3 Å². The van der Waals surface area contributed by atoms with Crippen molar-refractivity contribution >= 4 is 23.6 Å². The summed E-state index contributed by atoms with van der Waals surface area (Å²) in [5, 5.41) is 28.3. The number of aromatic nitrogens is 3. The van der Waals surface area contributed by atoms with Gasteiger partial charge in [-0.15, -0.1) is 0 Å². The third-order valence-electron chi connectivity index (χ3n) is 6.21. The quantitative estimate of drug-likeness (QED) is 0.276. The highest BCUT2D eigenvalue weighted by Crippen LogP contribution is 2.42. The molecule has 2 aromatic carbocycles. The van der Waals surface area contributed by atoms with Gasteiger partial charge in [0.05, 0.1) is 25.2 Å². The number of nitrogens with zero attached hydrogens (tertiary/aromatic N) is 2. The Morgan fingerprint density at radius 2 is 1.73 bits per heavy atom. The number of nitrogens with one attached hydrogen (secondary N) is 2. The van der Waals surface area contributed by atoms with Crippen molar-refractivity contribution in [1.82, 2.24) is 20.5 Å². The zero-order valence-corrected chi connectivity index (χ0v) is 21.2. The van der Waals surface area contributed by atoms with Crippen LogP contribution < -0.4 is 5.32 Å². The lowest BCUT2D eigenvalue weighted by Gasteiger charge is -2.41. The number of amides is 1. The van der Waals surface area contributed by atoms with Crippen molar-refractivity contribution in [2.75, 3.05) is 5.75 Å². The van der Waals surface area contributed by atoms with Crippen LogP contribution in [0.3, 0.4) is 0 Å². The number of ether oxygens (including phenoxy) is 2. The SMILES string of the molecule is CC1C(CSc2ncn[nH]2)OC(c2ccc(CNC(=O)CCC(=O)O)cc2)OC1c1ccc(CO)cc1. The number of aliphatic hydroxyl groups excluding tert-OH is 1. The first-order valence-corrected chi connectivity index (χ1v) is 13.0. The van der Waals surface area contributed by atoms with Crippen molar-refractivity contribution in [3.8, 4) is 0 Å². The molecule has 1 saturated heterocycles. The number of hydrogen-bond acceptors (Lipinski definition) is 8. The van der Waals surface area contributed by atoms with Crippen LogP contribution in [0.5, 0.6) is 0 Å². The van der Waals surface area contributed by atoms with E-state index in [2.05, 4.69) is 27.4 Å². The minimum Gasteiger partial charge on any atom is -0.481 e. The number of aromatic amines is 1. The van der Waals surface area contributed by atoms with Crippen LogP contribution in [0.4, 0.5) is 0 Å². The molecule has 10 nitrogen and oxygen atoms in total. The Morgan fingerprint density at radius 3 is 2.38 bits per heavy atom. The van der Waals surface area contributed by atoms with Gasteiger partial charge in [-0.25, -0.2) is 4.98 Å². The maximum Gasteiger partial charge on any atom is 0.303 e. The van der Waals surface area contributed by atoms with Crippen molar-refractivity contribution in [2.24, 2.45) is 5.92 Å². The van der Waals surface area contributed by atoms with E-state index in [1.165, 1.54) is 18.1 Å². The van der Waals surface area contributed by atoms with E-state index in [1.807, 2.05) is 48.5 Å². The Morgan fingerprint density at radius 1 is 1.03 bits per heavy atom. The molecular formula is C26H30N4O6S. The van der Waals surface area contributed by atoms with Crippen molar-refractivity contribution in [1.29, 1.82) is 0 Å². The first kappa shape index (κ1) is 26.8. The molecule has 0 spiro atoms. The van der Waals surface area contributed by atoms with E-state index < -0.39 is 12.3 Å². The minimum absolute atomic E-state index is 0.0180. The van der Waals surface area contributed by atoms with Crippen LogP contribution in [-0.4, -0.2) is 49.1 Å². The van der Waals surface area contributed by atoms with Gasteiger partial charge in [0.1, 0.15) is 6.33 Å². The lowest BCUT2D eigenvalue weighted by Crippen LogP contribution is -2.38. The summed E-state index contributed by atoms with van der Waals surface area (Å²) in [6.07, 6.45) is 0.270. The number of H-pyrrole nitrogens is 1. The molecule has 37 heavy (non-hydrogen) atoms. The zero-order valence-electron chi connectivity index (χ0n) is 20.4. The third-order valence-corrected chi connectivity index (χ3v) is 7.17. The fourth-order valence-corrected chi connectivity index (χ4v) is 4.98. The molecule has 0 aliphatic carbocycles. The lowest BCUT2D eigenvalue weighted by molar-refractivity contribution is -0.268. The molecule has 4 rings (SSSR count). The second-order valence-electron chi connectivity index (χ2n) is 8.84. The molecule has 1 amide bonds. The number of carboxylic acids is 1. The summed E-state index contributed by atoms with van der Waals surface area (Å²) in [7, 11) is 0. The number of benzene rings is 2. The predicted molar refractivity (Wildman–Crippen MR) is 135 cm³/mol. The minimum atomic E-state index is -0.999. The second kappa shape index (κ2) is 12.8. The van der Waals surface area contributed by atoms with Crippen molar-refractivity contribution in [2.45, 2.75) is 56.6 Å². The van der Waals surface area contributed by atoms with Crippen LogP contribution in [0.2, 0.25) is 0 Å². The Labute approximate surface area is 218 Å². The summed E-state index contributed by atoms with van der Waals surface area (Å²) in [5.41, 5.74) is 3.57. The monoisotopic (exact) mass is 526 g/mol. The van der Waals surface area contributed by atoms with E-state index in [-0.39, 0.29) is 43.5 Å². The number of hydrogen-bond donors (Lipinski definition) is 4. The number of aliphatic carboxylic acids is 1. The number of carbonyl (C=O) groups excluding carboxylic acids is 1. The van der Waals surface area contributed by atoms with Gasteiger partial charge in [0.25, 0.3) is 0 Å². The van der Waals surface area contributed by atoms with Crippen LogP contribution >= 0.6 is 11.8 Å². The summed E-state index contributed by atoms with van der Waals surface area (Å²) in [6, 6.07) is 15.3. The van der Waals surface area contributed by atoms with Gasteiger partial charge in [-0.3, -0.25) is 14.7 Å². The first-order valence-electron chi connectivity index (χ1n) is 12.0. The maximum absolute atomic E-state index is 11.8. The summed E-state index contributed by atoms with van der Waals surface area (Å²) in [5.74, 6) is -0.600. The Hall–Kier alpha value is -3.25. The smallest absolute Gasteiger partial charge is 0.303 e. The van der Waals surface area contributed by atoms with Crippen LogP contribution in [0.25, 0.3) is 0 Å². The Bertz CT molecular complexity index is 1160. The summed E-state index contributed by atoms with van der Waals surface area (Å²) in [6.45, 7) is 2.39. The van der Waals surface area contributed by atoms with E-state index in [9.17, 15) is 14.7 Å². The molecule has 4 atom stereocenters. The van der Waals surface area contributed by atoms with Gasteiger partial charge in [0, 0.05) is 30.2 Å². The standard InChI is InChI=1S/C26H30N4O6S/c1-16-21(14-37-26-28-15-29-30-26)35-25(36-24(16)19-6-4-18(13-31)5-7-19)20-8-2-17(3-9-20)12-27-22(32)10-11-23(33)34/h2-9,15-16,21,24-25,31H,10-14H2,1H3,(H,27,32)(H,33,34)(H,28,29,30). The molecule has 1 aromatic heterocycles. The number of rotatable bonds is 11. The van der Waals surface area contributed by atoms with Gasteiger partial charge in [-0.2, -0.15) is 5.10 Å². The van der Waals surface area contributed by atoms with Gasteiger partial charge >= 0.3 is 5.97 Å². The van der Waals surface area contributed by atoms with E-state index in [4.69, 9.17) is 14.6 Å². The molecule has 1 aliphatic heterocycles. The van der Waals surface area contributed by atoms with Crippen LogP contribution in [0, 0.1) is 5.92 Å². The third kappa shape index (κ3) is 7.39. The molecule has 1 fully saturated rings. The molecule has 1 aliphatic rings. The molecule has 0 radical (unpaired) electrons. The highest BCUT2D eigenvalue weighted by Gasteiger charge is 2.38. The highest BCUT2D eigenvalue weighted by atomic mass is 32.2. The molecule has 2 heterocycles. The van der Waals surface area contributed by atoms with Crippen molar-refractivity contribution < 1.29 is 29.3 Å². The average Bonchev–Trinajstić information content (AvgIpc) is 3.44. The van der Waals surface area contributed by atoms with Crippen LogP contribution in [0.1, 0.15) is 54.4 Å². The molecular weight excluding hydrogens is 496 g/mol. The summed E-state index contributed by atoms with van der Waals surface area (Å²) in [4.78, 5) is 26.6. The lowest BCUT2D eigenvalue weighted by atomic mass is 9.91. The van der Waals surface area contributed by atoms with E-state index in [0.717, 1.165) is 27.4 Å². The number of carboxylic acid groups (broad SMARTS) is 1. The molecule has 0 bridgehead atoms. The van der Waals surface area contributed by atoms with Gasteiger partial charge in [0.2, 0.25) is 5.91 Å².